The minimum atomic E-state index is -0.202. The van der Waals surface area contributed by atoms with Crippen LogP contribution in [0.1, 0.15) is 33.1 Å². The molecule has 3 nitrogen and oxygen atoms in total. The summed E-state index contributed by atoms with van der Waals surface area (Å²) in [6, 6.07) is 0. The lowest BCUT2D eigenvalue weighted by molar-refractivity contribution is -0.195. The molecule has 0 aromatic rings. The van der Waals surface area contributed by atoms with Crippen LogP contribution in [0.5, 0.6) is 0 Å². The third kappa shape index (κ3) is 2.81. The van der Waals surface area contributed by atoms with Gasteiger partial charge in [-0.15, -0.1) is 5.06 Å². The van der Waals surface area contributed by atoms with E-state index in [9.17, 15) is 4.79 Å². The first-order chi connectivity index (χ1) is 5.72. The first kappa shape index (κ1) is 9.52. The van der Waals surface area contributed by atoms with E-state index in [1.165, 1.54) is 19.8 Å². The molecule has 1 saturated heterocycles. The SMILES string of the molecule is CCC1CCCN(OC(C)=O)C1. The van der Waals surface area contributed by atoms with Crippen molar-refractivity contribution in [3.8, 4) is 0 Å². The molecule has 12 heavy (non-hydrogen) atoms. The quantitative estimate of drug-likeness (QED) is 0.632. The van der Waals surface area contributed by atoms with Gasteiger partial charge in [0.2, 0.25) is 0 Å². The van der Waals surface area contributed by atoms with Crippen molar-refractivity contribution in [3.05, 3.63) is 0 Å². The van der Waals surface area contributed by atoms with Crippen LogP contribution in [0, 0.1) is 5.92 Å². The molecule has 1 rings (SSSR count). The largest absolute Gasteiger partial charge is 0.368 e. The summed E-state index contributed by atoms with van der Waals surface area (Å²) in [6.07, 6.45) is 3.60. The van der Waals surface area contributed by atoms with Gasteiger partial charge in [-0.2, -0.15) is 0 Å². The maximum atomic E-state index is 10.6. The number of rotatable bonds is 2. The summed E-state index contributed by atoms with van der Waals surface area (Å²) in [6.45, 7) is 5.45. The first-order valence-electron chi connectivity index (χ1n) is 4.66. The molecule has 0 saturated carbocycles. The molecule has 0 N–H and O–H groups in total. The van der Waals surface area contributed by atoms with E-state index in [4.69, 9.17) is 4.84 Å². The minimum absolute atomic E-state index is 0.202. The van der Waals surface area contributed by atoms with Crippen LogP contribution in [-0.2, 0) is 9.63 Å². The molecular formula is C9H17NO2. The molecular weight excluding hydrogens is 154 g/mol. The van der Waals surface area contributed by atoms with Gasteiger partial charge in [-0.1, -0.05) is 13.3 Å². The zero-order valence-electron chi connectivity index (χ0n) is 7.88. The number of nitrogens with zero attached hydrogens (tertiary/aromatic N) is 1. The van der Waals surface area contributed by atoms with Crippen LogP contribution in [0.25, 0.3) is 0 Å². The monoisotopic (exact) mass is 171 g/mol. The van der Waals surface area contributed by atoms with Crippen molar-refractivity contribution >= 4 is 5.97 Å². The van der Waals surface area contributed by atoms with E-state index < -0.39 is 0 Å². The Morgan fingerprint density at radius 2 is 2.42 bits per heavy atom. The minimum Gasteiger partial charge on any atom is -0.368 e. The van der Waals surface area contributed by atoms with Gasteiger partial charge in [0.05, 0.1) is 0 Å². The third-order valence-electron chi connectivity index (χ3n) is 2.32. The average Bonchev–Trinajstić information content (AvgIpc) is 2.03. The van der Waals surface area contributed by atoms with E-state index in [0.29, 0.717) is 5.92 Å². The molecule has 0 aromatic carbocycles. The molecule has 0 spiro atoms. The van der Waals surface area contributed by atoms with E-state index >= 15 is 0 Å². The smallest absolute Gasteiger partial charge is 0.322 e. The van der Waals surface area contributed by atoms with Crippen molar-refractivity contribution in [1.29, 1.82) is 0 Å². The van der Waals surface area contributed by atoms with Gasteiger partial charge >= 0.3 is 5.97 Å². The van der Waals surface area contributed by atoms with Gasteiger partial charge < -0.3 is 4.84 Å². The first-order valence-corrected chi connectivity index (χ1v) is 4.66. The van der Waals surface area contributed by atoms with Crippen LogP contribution in [-0.4, -0.2) is 24.1 Å². The van der Waals surface area contributed by atoms with Gasteiger partial charge in [-0.05, 0) is 18.8 Å². The molecule has 1 unspecified atom stereocenters. The van der Waals surface area contributed by atoms with E-state index in [1.54, 1.807) is 5.06 Å². The molecule has 0 aromatic heterocycles. The Labute approximate surface area is 73.6 Å². The number of carbonyl (C=O) groups is 1. The van der Waals surface area contributed by atoms with E-state index in [1.807, 2.05) is 0 Å². The number of hydrogen-bond donors (Lipinski definition) is 0. The fraction of sp³-hybridized carbons (Fsp3) is 0.889. The molecule has 0 amide bonds. The molecule has 1 atom stereocenters. The third-order valence-corrected chi connectivity index (χ3v) is 2.32. The van der Waals surface area contributed by atoms with Gasteiger partial charge in [0.1, 0.15) is 0 Å². The van der Waals surface area contributed by atoms with E-state index in [0.717, 1.165) is 19.5 Å². The Morgan fingerprint density at radius 1 is 1.67 bits per heavy atom. The summed E-state index contributed by atoms with van der Waals surface area (Å²) in [7, 11) is 0. The Hall–Kier alpha value is -0.570. The normalized spacial score (nSPS) is 25.3. The van der Waals surface area contributed by atoms with Gasteiger partial charge in [-0.3, -0.25) is 4.79 Å². The Morgan fingerprint density at radius 3 is 3.00 bits per heavy atom. The number of piperidine rings is 1. The van der Waals surface area contributed by atoms with Gasteiger partial charge in [-0.25, -0.2) is 0 Å². The molecule has 0 aliphatic carbocycles. The highest BCUT2D eigenvalue weighted by Crippen LogP contribution is 2.18. The molecule has 0 radical (unpaired) electrons. The highest BCUT2D eigenvalue weighted by atomic mass is 16.7. The second kappa shape index (κ2) is 4.45. The molecule has 1 aliphatic heterocycles. The number of hydroxylamine groups is 2. The Kier molecular flexibility index (Phi) is 3.53. The summed E-state index contributed by atoms with van der Waals surface area (Å²) in [5.41, 5.74) is 0. The van der Waals surface area contributed by atoms with E-state index in [2.05, 4.69) is 6.92 Å². The highest BCUT2D eigenvalue weighted by molar-refractivity contribution is 5.65. The fourth-order valence-electron chi connectivity index (χ4n) is 1.62. The fourth-order valence-corrected chi connectivity index (χ4v) is 1.62. The standard InChI is InChI=1S/C9H17NO2/c1-3-9-5-4-6-10(7-9)12-8(2)11/h9H,3-7H2,1-2H3. The molecule has 1 heterocycles. The second-order valence-electron chi connectivity index (χ2n) is 3.39. The average molecular weight is 171 g/mol. The molecule has 0 bridgehead atoms. The van der Waals surface area contributed by atoms with Crippen molar-refractivity contribution in [2.75, 3.05) is 13.1 Å². The number of hydrogen-bond acceptors (Lipinski definition) is 3. The van der Waals surface area contributed by atoms with Crippen molar-refractivity contribution < 1.29 is 9.63 Å². The summed E-state index contributed by atoms with van der Waals surface area (Å²) in [5, 5.41) is 1.79. The van der Waals surface area contributed by atoms with E-state index in [-0.39, 0.29) is 5.97 Å². The summed E-state index contributed by atoms with van der Waals surface area (Å²) >= 11 is 0. The predicted octanol–water partition coefficient (Wildman–Crippen LogP) is 1.59. The van der Waals surface area contributed by atoms with Crippen LogP contribution >= 0.6 is 0 Å². The van der Waals surface area contributed by atoms with Gasteiger partial charge in [0.15, 0.2) is 0 Å². The lowest BCUT2D eigenvalue weighted by atomic mass is 9.97. The van der Waals surface area contributed by atoms with Crippen molar-refractivity contribution in [2.45, 2.75) is 33.1 Å². The Bertz CT molecular complexity index is 159. The molecule has 1 aliphatic rings. The van der Waals surface area contributed by atoms with Gasteiger partial charge in [0.25, 0.3) is 0 Å². The molecule has 1 fully saturated rings. The summed E-state index contributed by atoms with van der Waals surface area (Å²) < 4.78 is 0. The maximum absolute atomic E-state index is 10.6. The summed E-state index contributed by atoms with van der Waals surface area (Å²) in [5.74, 6) is 0.504. The zero-order valence-corrected chi connectivity index (χ0v) is 7.88. The second-order valence-corrected chi connectivity index (χ2v) is 3.39. The van der Waals surface area contributed by atoms with Crippen molar-refractivity contribution in [2.24, 2.45) is 5.92 Å². The Balaban J connectivity index is 2.30. The van der Waals surface area contributed by atoms with Crippen molar-refractivity contribution in [3.63, 3.8) is 0 Å². The molecule has 3 heteroatoms. The van der Waals surface area contributed by atoms with Gasteiger partial charge in [0, 0.05) is 20.0 Å². The van der Waals surface area contributed by atoms with Crippen LogP contribution in [0.2, 0.25) is 0 Å². The topological polar surface area (TPSA) is 29.5 Å². The van der Waals surface area contributed by atoms with Crippen LogP contribution < -0.4 is 0 Å². The zero-order chi connectivity index (χ0) is 8.97. The summed E-state index contributed by atoms with van der Waals surface area (Å²) in [4.78, 5) is 15.7. The lowest BCUT2D eigenvalue weighted by Crippen LogP contribution is -2.36. The lowest BCUT2D eigenvalue weighted by Gasteiger charge is -2.30. The predicted molar refractivity (Wildman–Crippen MR) is 46.4 cm³/mol. The number of carbonyl (C=O) groups excluding carboxylic acids is 1. The van der Waals surface area contributed by atoms with Crippen LogP contribution in [0.4, 0.5) is 0 Å². The highest BCUT2D eigenvalue weighted by Gasteiger charge is 2.20. The van der Waals surface area contributed by atoms with Crippen LogP contribution in [0.3, 0.4) is 0 Å². The van der Waals surface area contributed by atoms with Crippen molar-refractivity contribution in [1.82, 2.24) is 5.06 Å². The van der Waals surface area contributed by atoms with Crippen LogP contribution in [0.15, 0.2) is 0 Å². The molecule has 70 valence electrons. The maximum Gasteiger partial charge on any atom is 0.322 e.